The molecule has 3 N–H and O–H groups in total. The molecule has 216 valence electrons. The normalized spacial score (nSPS) is 20.6. The number of ether oxygens (including phenoxy) is 3. The van der Waals surface area contributed by atoms with E-state index >= 15 is 0 Å². The van der Waals surface area contributed by atoms with Crippen LogP contribution >= 0.6 is 34.5 Å². The Hall–Kier alpha value is -2.54. The summed E-state index contributed by atoms with van der Waals surface area (Å²) >= 11 is 14.2. The smallest absolute Gasteiger partial charge is 0.338 e. The molecule has 0 amide bonds. The molecule has 3 heterocycles. The van der Waals surface area contributed by atoms with Crippen molar-refractivity contribution < 1.29 is 23.8 Å². The van der Waals surface area contributed by atoms with Crippen LogP contribution in [-0.4, -0.2) is 79.3 Å². The summed E-state index contributed by atoms with van der Waals surface area (Å²) < 4.78 is 16.7. The maximum Gasteiger partial charge on any atom is 0.338 e. The first-order valence-corrected chi connectivity index (χ1v) is 14.7. The number of aromatic nitrogens is 1. The van der Waals surface area contributed by atoms with Gasteiger partial charge in [-0.15, -0.1) is 11.3 Å². The Labute approximate surface area is 247 Å². The number of esters is 2. The number of nitrogens with zero attached hydrogens (tertiary/aromatic N) is 3. The largest absolute Gasteiger partial charge is 0.463 e. The van der Waals surface area contributed by atoms with Gasteiger partial charge in [0.2, 0.25) is 0 Å². The predicted octanol–water partition coefficient (Wildman–Crippen LogP) is 3.59. The monoisotopic (exact) mass is 609 g/mol. The minimum Gasteiger partial charge on any atom is -0.463 e. The van der Waals surface area contributed by atoms with E-state index in [1.165, 1.54) is 11.3 Å². The summed E-state index contributed by atoms with van der Waals surface area (Å²) in [6, 6.07) is 3.36. The van der Waals surface area contributed by atoms with Gasteiger partial charge in [-0.1, -0.05) is 43.1 Å². The Balaban J connectivity index is 1.70. The zero-order chi connectivity index (χ0) is 28.8. The zero-order valence-electron chi connectivity index (χ0n) is 22.6. The van der Waals surface area contributed by atoms with Gasteiger partial charge in [0.05, 0.1) is 31.4 Å². The number of carbonyl (C=O) groups excluding carboxylic acids is 2. The Bertz CT molecular complexity index is 1270. The van der Waals surface area contributed by atoms with Crippen LogP contribution < -0.4 is 11.1 Å². The lowest BCUT2D eigenvalue weighted by atomic mass is 9.95. The lowest BCUT2D eigenvalue weighted by Crippen LogP contribution is -2.51. The fraction of sp³-hybridized carbons (Fsp3) is 0.481. The second-order valence-corrected chi connectivity index (χ2v) is 11.5. The second kappa shape index (κ2) is 13.9. The summed E-state index contributed by atoms with van der Waals surface area (Å²) in [5.41, 5.74) is 7.50. The summed E-state index contributed by atoms with van der Waals surface area (Å²) in [6.07, 6.45) is 1.69. The Morgan fingerprint density at radius 1 is 1.30 bits per heavy atom. The number of carbonyl (C=O) groups is 2. The van der Waals surface area contributed by atoms with Gasteiger partial charge in [-0.3, -0.25) is 14.7 Å². The van der Waals surface area contributed by atoms with E-state index in [0.29, 0.717) is 64.0 Å². The van der Waals surface area contributed by atoms with Crippen LogP contribution in [0.25, 0.3) is 0 Å². The molecule has 1 fully saturated rings. The molecular formula is C27H33Cl2N5O5S. The van der Waals surface area contributed by atoms with Gasteiger partial charge in [0, 0.05) is 46.0 Å². The van der Waals surface area contributed by atoms with Gasteiger partial charge in [-0.05, 0) is 25.0 Å². The van der Waals surface area contributed by atoms with E-state index in [-0.39, 0.29) is 25.2 Å². The van der Waals surface area contributed by atoms with E-state index in [9.17, 15) is 9.59 Å². The Kier molecular flexibility index (Phi) is 10.6. The molecular weight excluding hydrogens is 577 g/mol. The number of thiazole rings is 1. The van der Waals surface area contributed by atoms with E-state index in [4.69, 9.17) is 48.1 Å². The third kappa shape index (κ3) is 7.20. The van der Waals surface area contributed by atoms with Crippen molar-refractivity contribution in [2.24, 2.45) is 16.6 Å². The van der Waals surface area contributed by atoms with Gasteiger partial charge < -0.3 is 25.3 Å². The average molecular weight is 611 g/mol. The van der Waals surface area contributed by atoms with E-state index in [2.05, 4.69) is 15.2 Å². The van der Waals surface area contributed by atoms with Crippen molar-refractivity contribution in [1.29, 1.82) is 0 Å². The Morgan fingerprint density at radius 3 is 2.77 bits per heavy atom. The molecule has 1 saturated heterocycles. The number of nitrogens with two attached hydrogens (primary N) is 1. The van der Waals surface area contributed by atoms with E-state index in [1.54, 1.807) is 31.3 Å². The standard InChI is InChI=1S/C27H33Cl2N5O5S/c1-4-38-26(35)21-20(12-34-8-9-37-13-17(34)14-39-27(36)22(30)15(2)3)32-24(25-31-7-10-40-25)33-23(21)18-6-5-16(28)11-19(18)29/h5-7,10-11,15,17,22-23H,4,8-9,12-14,30H2,1-3H3,(H,32,33)/t17-,22-,23?/m0/s1. The van der Waals surface area contributed by atoms with E-state index in [0.717, 1.165) is 0 Å². The molecule has 0 spiro atoms. The van der Waals surface area contributed by atoms with Crippen molar-refractivity contribution >= 4 is 52.3 Å². The molecule has 1 aromatic carbocycles. The third-order valence-corrected chi connectivity index (χ3v) is 7.97. The summed E-state index contributed by atoms with van der Waals surface area (Å²) in [6.45, 7) is 7.46. The summed E-state index contributed by atoms with van der Waals surface area (Å²) in [5.74, 6) is -0.510. The molecule has 4 rings (SSSR count). The van der Waals surface area contributed by atoms with Gasteiger partial charge in [-0.25, -0.2) is 9.78 Å². The number of nitrogens with one attached hydrogen (secondary N) is 1. The molecule has 0 radical (unpaired) electrons. The second-order valence-electron chi connectivity index (χ2n) is 9.72. The van der Waals surface area contributed by atoms with Crippen LogP contribution in [0.3, 0.4) is 0 Å². The van der Waals surface area contributed by atoms with Gasteiger partial charge in [0.25, 0.3) is 0 Å². The quantitative estimate of drug-likeness (QED) is 0.388. The molecule has 2 aliphatic rings. The van der Waals surface area contributed by atoms with Gasteiger partial charge in [-0.2, -0.15) is 0 Å². The lowest BCUT2D eigenvalue weighted by Gasteiger charge is -2.37. The predicted molar refractivity (Wildman–Crippen MR) is 155 cm³/mol. The first kappa shape index (κ1) is 30.4. The lowest BCUT2D eigenvalue weighted by molar-refractivity contribution is -0.150. The molecule has 0 saturated carbocycles. The van der Waals surface area contributed by atoms with Gasteiger partial charge in [0.1, 0.15) is 18.7 Å². The highest BCUT2D eigenvalue weighted by Gasteiger charge is 2.36. The fourth-order valence-corrected chi connectivity index (χ4v) is 5.47. The number of halogens is 2. The summed E-state index contributed by atoms with van der Waals surface area (Å²) in [7, 11) is 0. The van der Waals surface area contributed by atoms with Crippen LogP contribution in [0.15, 0.2) is 46.0 Å². The minimum absolute atomic E-state index is 0.0462. The molecule has 0 aliphatic carbocycles. The van der Waals surface area contributed by atoms with Crippen molar-refractivity contribution in [3.8, 4) is 0 Å². The molecule has 3 atom stereocenters. The molecule has 1 unspecified atom stereocenters. The van der Waals surface area contributed by atoms with E-state index in [1.807, 2.05) is 19.2 Å². The molecule has 1 aromatic heterocycles. The van der Waals surface area contributed by atoms with Crippen molar-refractivity contribution in [3.05, 3.63) is 61.7 Å². The molecule has 2 aromatic rings. The molecule has 0 bridgehead atoms. The van der Waals surface area contributed by atoms with Gasteiger partial charge in [0.15, 0.2) is 10.8 Å². The number of hydrogen-bond donors (Lipinski definition) is 2. The van der Waals surface area contributed by atoms with Crippen molar-refractivity contribution in [2.75, 3.05) is 39.5 Å². The van der Waals surface area contributed by atoms with E-state index < -0.39 is 24.0 Å². The van der Waals surface area contributed by atoms with Crippen LogP contribution in [0.1, 0.15) is 37.4 Å². The molecule has 10 nitrogen and oxygen atoms in total. The first-order chi connectivity index (χ1) is 19.2. The van der Waals surface area contributed by atoms with Crippen LogP contribution in [0.4, 0.5) is 0 Å². The zero-order valence-corrected chi connectivity index (χ0v) is 24.9. The highest BCUT2D eigenvalue weighted by molar-refractivity contribution is 7.11. The number of amidine groups is 1. The maximum atomic E-state index is 13.4. The topological polar surface area (TPSA) is 128 Å². The van der Waals surface area contributed by atoms with Crippen molar-refractivity contribution in [3.63, 3.8) is 0 Å². The van der Waals surface area contributed by atoms with Gasteiger partial charge >= 0.3 is 11.9 Å². The average Bonchev–Trinajstić information content (AvgIpc) is 3.47. The highest BCUT2D eigenvalue weighted by Crippen LogP contribution is 2.37. The van der Waals surface area contributed by atoms with Crippen LogP contribution in [0.2, 0.25) is 10.0 Å². The number of morpholine rings is 1. The fourth-order valence-electron chi connectivity index (χ4n) is 4.37. The van der Waals surface area contributed by atoms with Crippen LogP contribution in [0, 0.1) is 5.92 Å². The molecule has 13 heteroatoms. The van der Waals surface area contributed by atoms with Crippen molar-refractivity contribution in [2.45, 2.75) is 38.9 Å². The number of hydrogen-bond acceptors (Lipinski definition) is 11. The SMILES string of the molecule is CCOC(=O)C1=C(CN2CCOC[C@H]2COC(=O)[C@@H](N)C(C)C)NC(c2nccs2)=NC1c1ccc(Cl)cc1Cl. The summed E-state index contributed by atoms with van der Waals surface area (Å²) in [5, 5.41) is 6.69. The number of aliphatic imine (C=N–C) groups is 1. The minimum atomic E-state index is -0.764. The third-order valence-electron chi connectivity index (χ3n) is 6.63. The van der Waals surface area contributed by atoms with Crippen LogP contribution in [-0.2, 0) is 23.8 Å². The highest BCUT2D eigenvalue weighted by atomic mass is 35.5. The molecule has 2 aliphatic heterocycles. The number of rotatable bonds is 10. The number of benzene rings is 1. The molecule has 40 heavy (non-hydrogen) atoms. The first-order valence-electron chi connectivity index (χ1n) is 13.0. The van der Waals surface area contributed by atoms with Crippen molar-refractivity contribution in [1.82, 2.24) is 15.2 Å². The van der Waals surface area contributed by atoms with Crippen LogP contribution in [0.5, 0.6) is 0 Å². The maximum absolute atomic E-state index is 13.4. The summed E-state index contributed by atoms with van der Waals surface area (Å²) in [4.78, 5) is 37.3. The Morgan fingerprint density at radius 2 is 2.10 bits per heavy atom.